The van der Waals surface area contributed by atoms with Crippen molar-refractivity contribution in [3.8, 4) is 11.5 Å². The summed E-state index contributed by atoms with van der Waals surface area (Å²) in [5.41, 5.74) is 1.02. The minimum Gasteiger partial charge on any atom is -0.485 e. The Morgan fingerprint density at radius 2 is 1.93 bits per heavy atom. The number of Topliss-reactive ketones (excluding diaryl/α,β-unsaturated/α-hetero) is 1. The van der Waals surface area contributed by atoms with Crippen LogP contribution in [0.2, 0.25) is 0 Å². The van der Waals surface area contributed by atoms with Gasteiger partial charge in [0.15, 0.2) is 17.3 Å². The number of hydrogen-bond donors (Lipinski definition) is 0. The van der Waals surface area contributed by atoms with Crippen molar-refractivity contribution >= 4 is 39.0 Å². The molecular weight excluding hydrogens is 408 g/mol. The Morgan fingerprint density at radius 3 is 2.79 bits per heavy atom. The monoisotopic (exact) mass is 424 g/mol. The first-order valence-electron chi connectivity index (χ1n) is 9.05. The number of thioether (sulfide) groups is 1. The molecular formula is C21H16N2O4S2. The van der Waals surface area contributed by atoms with Crippen molar-refractivity contribution in [2.75, 3.05) is 12.4 Å². The van der Waals surface area contributed by atoms with Crippen molar-refractivity contribution in [1.82, 2.24) is 10.2 Å². The summed E-state index contributed by atoms with van der Waals surface area (Å²) in [5.74, 6) is 1.97. The van der Waals surface area contributed by atoms with E-state index in [1.807, 2.05) is 55.5 Å². The zero-order valence-corrected chi connectivity index (χ0v) is 17.1. The maximum absolute atomic E-state index is 12.7. The Kier molecular flexibility index (Phi) is 4.73. The Morgan fingerprint density at radius 1 is 1.14 bits per heavy atom. The van der Waals surface area contributed by atoms with E-state index in [2.05, 4.69) is 10.2 Å². The number of ketones is 1. The van der Waals surface area contributed by atoms with Crippen molar-refractivity contribution in [3.63, 3.8) is 0 Å². The van der Waals surface area contributed by atoms with Crippen LogP contribution in [0.5, 0.6) is 11.5 Å². The molecule has 0 spiro atoms. The predicted octanol–water partition coefficient (Wildman–Crippen LogP) is 5.08. The van der Waals surface area contributed by atoms with E-state index in [9.17, 15) is 4.79 Å². The van der Waals surface area contributed by atoms with Crippen LogP contribution in [-0.4, -0.2) is 28.3 Å². The van der Waals surface area contributed by atoms with E-state index >= 15 is 0 Å². The molecule has 0 amide bonds. The highest BCUT2D eigenvalue weighted by molar-refractivity contribution is 7.99. The fraction of sp³-hybridized carbons (Fsp3) is 0.190. The number of para-hydroxylation sites is 2. The molecule has 8 heteroatoms. The molecule has 1 aliphatic heterocycles. The summed E-state index contributed by atoms with van der Waals surface area (Å²) in [4.78, 5) is 13.5. The third-order valence-corrected chi connectivity index (χ3v) is 6.76. The molecule has 4 aromatic rings. The first kappa shape index (κ1) is 18.2. The number of ether oxygens (including phenoxy) is 2. The highest BCUT2D eigenvalue weighted by atomic mass is 32.2. The van der Waals surface area contributed by atoms with E-state index in [0.29, 0.717) is 29.2 Å². The third-order valence-electron chi connectivity index (χ3n) is 4.63. The molecule has 29 heavy (non-hydrogen) atoms. The first-order valence-corrected chi connectivity index (χ1v) is 10.9. The summed E-state index contributed by atoms with van der Waals surface area (Å²) in [6, 6.07) is 15.5. The summed E-state index contributed by atoms with van der Waals surface area (Å²) in [7, 11) is 0. The van der Waals surface area contributed by atoms with E-state index in [4.69, 9.17) is 13.9 Å². The molecule has 1 aliphatic rings. The Labute approximate surface area is 174 Å². The lowest BCUT2D eigenvalue weighted by Crippen LogP contribution is -2.21. The summed E-state index contributed by atoms with van der Waals surface area (Å²) >= 11 is 2.76. The maximum atomic E-state index is 12.7. The standard InChI is InChI=1S/C21H16N2O4S2/c1-12-13-6-2-5-9-18(13)29-19(12)14(24)11-28-21-23-22-20(27-21)17-10-25-15-7-3-4-8-16(15)26-17/h2-9,17H,10-11H2,1H3/t17-/m0/s1. The minimum atomic E-state index is -0.465. The van der Waals surface area contributed by atoms with Crippen molar-refractivity contribution in [2.45, 2.75) is 18.3 Å². The van der Waals surface area contributed by atoms with Crippen LogP contribution in [-0.2, 0) is 0 Å². The predicted molar refractivity (Wildman–Crippen MR) is 111 cm³/mol. The average Bonchev–Trinajstić information content (AvgIpc) is 3.37. The molecule has 0 bridgehead atoms. The topological polar surface area (TPSA) is 74.5 Å². The zero-order valence-electron chi connectivity index (χ0n) is 15.5. The van der Waals surface area contributed by atoms with Gasteiger partial charge < -0.3 is 13.9 Å². The Balaban J connectivity index is 1.26. The summed E-state index contributed by atoms with van der Waals surface area (Å²) in [6.45, 7) is 2.28. The largest absolute Gasteiger partial charge is 0.485 e. The van der Waals surface area contributed by atoms with Gasteiger partial charge in [0.2, 0.25) is 6.10 Å². The summed E-state index contributed by atoms with van der Waals surface area (Å²) in [5, 5.41) is 9.57. The van der Waals surface area contributed by atoms with E-state index in [-0.39, 0.29) is 11.5 Å². The van der Waals surface area contributed by atoms with E-state index in [1.54, 1.807) is 0 Å². The van der Waals surface area contributed by atoms with Gasteiger partial charge in [0.25, 0.3) is 11.1 Å². The number of benzene rings is 2. The summed E-state index contributed by atoms with van der Waals surface area (Å²) < 4.78 is 18.4. The molecule has 2 aromatic heterocycles. The third kappa shape index (κ3) is 3.49. The first-order chi connectivity index (χ1) is 14.2. The molecule has 0 unspecified atom stereocenters. The SMILES string of the molecule is Cc1c(C(=O)CSc2nnc([C@@H]3COc4ccccc4O3)o2)sc2ccccc12. The molecule has 146 valence electrons. The van der Waals surface area contributed by atoms with Crippen LogP contribution in [0.3, 0.4) is 0 Å². The minimum absolute atomic E-state index is 0.0552. The van der Waals surface area contributed by atoms with E-state index in [1.165, 1.54) is 23.1 Å². The van der Waals surface area contributed by atoms with Gasteiger partial charge in [-0.1, -0.05) is 42.1 Å². The molecule has 5 rings (SSSR count). The number of aryl methyl sites for hydroxylation is 1. The number of rotatable bonds is 5. The van der Waals surface area contributed by atoms with Gasteiger partial charge in [-0.25, -0.2) is 0 Å². The molecule has 3 heterocycles. The second-order valence-electron chi connectivity index (χ2n) is 6.53. The van der Waals surface area contributed by atoms with Crippen LogP contribution < -0.4 is 9.47 Å². The van der Waals surface area contributed by atoms with Gasteiger partial charge in [-0.15, -0.1) is 21.5 Å². The van der Waals surface area contributed by atoms with Crippen LogP contribution in [0, 0.1) is 6.92 Å². The van der Waals surface area contributed by atoms with E-state index in [0.717, 1.165) is 20.5 Å². The van der Waals surface area contributed by atoms with Gasteiger partial charge in [-0.3, -0.25) is 4.79 Å². The fourth-order valence-electron chi connectivity index (χ4n) is 3.18. The fourth-order valence-corrected chi connectivity index (χ4v) is 5.06. The molecule has 0 radical (unpaired) electrons. The molecule has 0 saturated heterocycles. The van der Waals surface area contributed by atoms with Gasteiger partial charge in [0.1, 0.15) is 6.61 Å². The van der Waals surface area contributed by atoms with Crippen LogP contribution in [0.25, 0.3) is 10.1 Å². The van der Waals surface area contributed by atoms with Crippen LogP contribution in [0.15, 0.2) is 58.2 Å². The van der Waals surface area contributed by atoms with Crippen LogP contribution >= 0.6 is 23.1 Å². The van der Waals surface area contributed by atoms with Gasteiger partial charge in [0, 0.05) is 4.70 Å². The number of thiophene rings is 1. The van der Waals surface area contributed by atoms with Gasteiger partial charge in [-0.05, 0) is 36.1 Å². The van der Waals surface area contributed by atoms with Crippen molar-refractivity contribution in [2.24, 2.45) is 0 Å². The van der Waals surface area contributed by atoms with E-state index < -0.39 is 6.10 Å². The van der Waals surface area contributed by atoms with Crippen LogP contribution in [0.1, 0.15) is 27.2 Å². The summed E-state index contributed by atoms with van der Waals surface area (Å²) in [6.07, 6.45) is -0.465. The number of aromatic nitrogens is 2. The molecule has 0 fully saturated rings. The Bertz CT molecular complexity index is 1200. The quantitative estimate of drug-likeness (QED) is 0.327. The lowest BCUT2D eigenvalue weighted by molar-refractivity contribution is 0.0686. The lowest BCUT2D eigenvalue weighted by atomic mass is 10.1. The molecule has 2 aromatic carbocycles. The van der Waals surface area contributed by atoms with Gasteiger partial charge >= 0.3 is 0 Å². The number of hydrogen-bond acceptors (Lipinski definition) is 8. The molecule has 0 saturated carbocycles. The second-order valence-corrected chi connectivity index (χ2v) is 8.51. The average molecular weight is 425 g/mol. The number of fused-ring (bicyclic) bond motifs is 2. The molecule has 0 aliphatic carbocycles. The van der Waals surface area contributed by atoms with Gasteiger partial charge in [0.05, 0.1) is 10.6 Å². The van der Waals surface area contributed by atoms with Gasteiger partial charge in [-0.2, -0.15) is 0 Å². The van der Waals surface area contributed by atoms with Crippen molar-refractivity contribution in [1.29, 1.82) is 0 Å². The highest BCUT2D eigenvalue weighted by Gasteiger charge is 2.27. The molecule has 0 N–H and O–H groups in total. The van der Waals surface area contributed by atoms with Crippen LogP contribution in [0.4, 0.5) is 0 Å². The second kappa shape index (κ2) is 7.53. The number of nitrogens with zero attached hydrogens (tertiary/aromatic N) is 2. The maximum Gasteiger partial charge on any atom is 0.277 e. The van der Waals surface area contributed by atoms with Crippen molar-refractivity contribution in [3.05, 3.63) is 64.9 Å². The Hall–Kier alpha value is -2.84. The lowest BCUT2D eigenvalue weighted by Gasteiger charge is -2.23. The van der Waals surface area contributed by atoms with Crippen molar-refractivity contribution < 1.29 is 18.7 Å². The zero-order chi connectivity index (χ0) is 19.8. The normalized spacial score (nSPS) is 15.6. The number of carbonyl (C=O) groups is 1. The molecule has 1 atom stereocenters. The number of carbonyl (C=O) groups excluding carboxylic acids is 1. The smallest absolute Gasteiger partial charge is 0.277 e. The highest BCUT2D eigenvalue weighted by Crippen LogP contribution is 2.36. The molecule has 6 nitrogen and oxygen atoms in total.